The van der Waals surface area contributed by atoms with Gasteiger partial charge in [-0.15, -0.1) is 0 Å². The molecule has 0 fully saturated rings. The van der Waals surface area contributed by atoms with Gasteiger partial charge in [0.2, 0.25) is 0 Å². The Morgan fingerprint density at radius 3 is 2.55 bits per heavy atom. The van der Waals surface area contributed by atoms with Gasteiger partial charge in [0.25, 0.3) is 5.91 Å². The molecule has 0 radical (unpaired) electrons. The molecule has 0 aliphatic rings. The molecule has 1 amide bonds. The Morgan fingerprint density at radius 1 is 1.14 bits per heavy atom. The molecule has 22 heavy (non-hydrogen) atoms. The third-order valence-corrected chi connectivity index (χ3v) is 3.97. The van der Waals surface area contributed by atoms with Crippen molar-refractivity contribution in [1.29, 1.82) is 0 Å². The number of aryl methyl sites for hydroxylation is 2. The van der Waals surface area contributed by atoms with E-state index in [1.807, 2.05) is 45.0 Å². The van der Waals surface area contributed by atoms with Gasteiger partial charge in [-0.2, -0.15) is 0 Å². The fourth-order valence-electron chi connectivity index (χ4n) is 2.01. The summed E-state index contributed by atoms with van der Waals surface area (Å²) in [7, 11) is 0. The predicted octanol–water partition coefficient (Wildman–Crippen LogP) is 4.39. The van der Waals surface area contributed by atoms with Crippen LogP contribution in [0.15, 0.2) is 36.4 Å². The molecule has 0 aliphatic carbocycles. The Kier molecular flexibility index (Phi) is 5.16. The fraction of sp³-hybridized carbons (Fsp3) is 0.176. The SMILES string of the molecule is Cc1ccc(C(=O)NC(=S)Nc2cccc(C)c2C)c(Cl)c1. The first-order chi connectivity index (χ1) is 10.4. The second-order valence-corrected chi connectivity index (χ2v) is 5.95. The molecule has 114 valence electrons. The van der Waals surface area contributed by atoms with Crippen LogP contribution in [0.25, 0.3) is 0 Å². The minimum Gasteiger partial charge on any atom is -0.332 e. The number of amides is 1. The zero-order valence-electron chi connectivity index (χ0n) is 12.7. The summed E-state index contributed by atoms with van der Waals surface area (Å²) < 4.78 is 0. The van der Waals surface area contributed by atoms with E-state index in [2.05, 4.69) is 10.6 Å². The first-order valence-electron chi connectivity index (χ1n) is 6.83. The number of hydrogen-bond acceptors (Lipinski definition) is 2. The molecule has 2 rings (SSSR count). The average Bonchev–Trinajstić information content (AvgIpc) is 2.43. The lowest BCUT2D eigenvalue weighted by molar-refractivity contribution is 0.0978. The normalized spacial score (nSPS) is 10.2. The van der Waals surface area contributed by atoms with Crippen LogP contribution in [0.5, 0.6) is 0 Å². The van der Waals surface area contributed by atoms with E-state index in [-0.39, 0.29) is 11.0 Å². The van der Waals surface area contributed by atoms with Gasteiger partial charge in [0.15, 0.2) is 5.11 Å². The van der Waals surface area contributed by atoms with E-state index in [0.717, 1.165) is 22.4 Å². The van der Waals surface area contributed by atoms with E-state index >= 15 is 0 Å². The minimum atomic E-state index is -0.326. The highest BCUT2D eigenvalue weighted by Gasteiger charge is 2.12. The lowest BCUT2D eigenvalue weighted by atomic mass is 10.1. The number of thiocarbonyl (C=S) groups is 1. The molecular weight excluding hydrogens is 316 g/mol. The van der Waals surface area contributed by atoms with Crippen LogP contribution in [0.3, 0.4) is 0 Å². The molecule has 0 heterocycles. The number of carbonyl (C=O) groups is 1. The molecule has 2 aromatic rings. The zero-order chi connectivity index (χ0) is 16.3. The molecular formula is C17H17ClN2OS. The van der Waals surface area contributed by atoms with E-state index in [0.29, 0.717) is 10.6 Å². The van der Waals surface area contributed by atoms with Gasteiger partial charge in [-0.1, -0.05) is 29.8 Å². The van der Waals surface area contributed by atoms with Crippen LogP contribution >= 0.6 is 23.8 Å². The third-order valence-electron chi connectivity index (χ3n) is 3.45. The second-order valence-electron chi connectivity index (χ2n) is 5.14. The van der Waals surface area contributed by atoms with E-state index in [9.17, 15) is 4.79 Å². The molecule has 0 aromatic heterocycles. The highest BCUT2D eigenvalue weighted by atomic mass is 35.5. The third kappa shape index (κ3) is 3.84. The fourth-order valence-corrected chi connectivity index (χ4v) is 2.54. The van der Waals surface area contributed by atoms with E-state index in [1.54, 1.807) is 12.1 Å². The lowest BCUT2D eigenvalue weighted by Gasteiger charge is -2.13. The van der Waals surface area contributed by atoms with Crippen molar-refractivity contribution in [2.24, 2.45) is 0 Å². The molecule has 0 unspecified atom stereocenters. The summed E-state index contributed by atoms with van der Waals surface area (Å²) in [5.41, 5.74) is 4.52. The smallest absolute Gasteiger partial charge is 0.258 e. The van der Waals surface area contributed by atoms with E-state index in [4.69, 9.17) is 23.8 Å². The van der Waals surface area contributed by atoms with Crippen molar-refractivity contribution in [2.45, 2.75) is 20.8 Å². The Bertz CT molecular complexity index is 743. The number of hydrogen-bond donors (Lipinski definition) is 2. The first kappa shape index (κ1) is 16.5. The summed E-state index contributed by atoms with van der Waals surface area (Å²) in [6.45, 7) is 5.94. The van der Waals surface area contributed by atoms with Crippen molar-refractivity contribution in [3.63, 3.8) is 0 Å². The molecule has 2 N–H and O–H groups in total. The average molecular weight is 333 g/mol. The van der Waals surface area contributed by atoms with Crippen molar-refractivity contribution in [3.8, 4) is 0 Å². The van der Waals surface area contributed by atoms with Crippen LogP contribution in [0, 0.1) is 20.8 Å². The molecule has 0 aliphatic heterocycles. The van der Waals surface area contributed by atoms with Gasteiger partial charge < -0.3 is 5.32 Å². The van der Waals surface area contributed by atoms with Crippen LogP contribution in [-0.4, -0.2) is 11.0 Å². The van der Waals surface area contributed by atoms with Crippen molar-refractivity contribution in [2.75, 3.05) is 5.32 Å². The molecule has 0 saturated heterocycles. The Hall–Kier alpha value is -1.91. The highest BCUT2D eigenvalue weighted by molar-refractivity contribution is 7.80. The number of halogens is 1. The summed E-state index contributed by atoms with van der Waals surface area (Å²) in [5.74, 6) is -0.326. The number of benzene rings is 2. The van der Waals surface area contributed by atoms with Crippen LogP contribution in [-0.2, 0) is 0 Å². The van der Waals surface area contributed by atoms with Gasteiger partial charge in [0, 0.05) is 5.69 Å². The monoisotopic (exact) mass is 332 g/mol. The molecule has 3 nitrogen and oxygen atoms in total. The van der Waals surface area contributed by atoms with Crippen LogP contribution in [0.2, 0.25) is 5.02 Å². The maximum absolute atomic E-state index is 12.2. The minimum absolute atomic E-state index is 0.246. The van der Waals surface area contributed by atoms with Gasteiger partial charge in [-0.3, -0.25) is 10.1 Å². The van der Waals surface area contributed by atoms with Gasteiger partial charge >= 0.3 is 0 Å². The van der Waals surface area contributed by atoms with Crippen LogP contribution in [0.4, 0.5) is 5.69 Å². The Labute approximate surface area is 140 Å². The van der Waals surface area contributed by atoms with Crippen molar-refractivity contribution >= 4 is 40.5 Å². The summed E-state index contributed by atoms with van der Waals surface area (Å²) in [5, 5.41) is 6.34. The lowest BCUT2D eigenvalue weighted by Crippen LogP contribution is -2.34. The van der Waals surface area contributed by atoms with E-state index in [1.165, 1.54) is 0 Å². The summed E-state index contributed by atoms with van der Waals surface area (Å²) in [6, 6.07) is 11.1. The Morgan fingerprint density at radius 2 is 1.86 bits per heavy atom. The molecule has 0 saturated carbocycles. The molecule has 0 atom stereocenters. The number of carbonyl (C=O) groups excluding carboxylic acids is 1. The standard InChI is InChI=1S/C17H17ClN2OS/c1-10-7-8-13(14(18)9-10)16(21)20-17(22)19-15-6-4-5-11(2)12(15)3/h4-9H,1-3H3,(H2,19,20,21,22). The van der Waals surface area contributed by atoms with Crippen LogP contribution < -0.4 is 10.6 Å². The van der Waals surface area contributed by atoms with Crippen LogP contribution in [0.1, 0.15) is 27.0 Å². The molecule has 0 spiro atoms. The predicted molar refractivity (Wildman–Crippen MR) is 95.8 cm³/mol. The van der Waals surface area contributed by atoms with Crippen molar-refractivity contribution < 1.29 is 4.79 Å². The topological polar surface area (TPSA) is 41.1 Å². The summed E-state index contributed by atoms with van der Waals surface area (Å²) >= 11 is 11.3. The zero-order valence-corrected chi connectivity index (χ0v) is 14.2. The Balaban J connectivity index is 2.08. The number of nitrogens with one attached hydrogen (secondary N) is 2. The molecule has 5 heteroatoms. The maximum atomic E-state index is 12.2. The molecule has 0 bridgehead atoms. The van der Waals surface area contributed by atoms with Gasteiger partial charge in [-0.05, 0) is 67.9 Å². The second kappa shape index (κ2) is 6.90. The quantitative estimate of drug-likeness (QED) is 0.801. The maximum Gasteiger partial charge on any atom is 0.258 e. The van der Waals surface area contributed by atoms with Crippen molar-refractivity contribution in [3.05, 3.63) is 63.7 Å². The van der Waals surface area contributed by atoms with Gasteiger partial charge in [-0.25, -0.2) is 0 Å². The van der Waals surface area contributed by atoms with Gasteiger partial charge in [0.05, 0.1) is 10.6 Å². The van der Waals surface area contributed by atoms with E-state index < -0.39 is 0 Å². The molecule has 2 aromatic carbocycles. The van der Waals surface area contributed by atoms with Crippen molar-refractivity contribution in [1.82, 2.24) is 5.32 Å². The highest BCUT2D eigenvalue weighted by Crippen LogP contribution is 2.19. The number of rotatable bonds is 2. The largest absolute Gasteiger partial charge is 0.332 e. The number of anilines is 1. The summed E-state index contributed by atoms with van der Waals surface area (Å²) in [4.78, 5) is 12.2. The first-order valence-corrected chi connectivity index (χ1v) is 7.62. The van der Waals surface area contributed by atoms with Gasteiger partial charge in [0.1, 0.15) is 0 Å². The summed E-state index contributed by atoms with van der Waals surface area (Å²) in [6.07, 6.45) is 0.